The van der Waals surface area contributed by atoms with E-state index in [1.807, 2.05) is 194 Å². The van der Waals surface area contributed by atoms with Crippen LogP contribution in [0.5, 0.6) is 0 Å². The first-order valence-corrected chi connectivity index (χ1v) is 35.5. The Balaban J connectivity index is 1.32. The van der Waals surface area contributed by atoms with Gasteiger partial charge in [0.25, 0.3) is 0 Å². The average molecular weight is 1040 g/mol. The van der Waals surface area contributed by atoms with Gasteiger partial charge in [0.2, 0.25) is 0 Å². The summed E-state index contributed by atoms with van der Waals surface area (Å²) in [6.45, 7) is 0. The minimum Gasteiger partial charge on any atom is -0.390 e. The number of hydrogen-bond donors (Lipinski definition) is 2. The van der Waals surface area contributed by atoms with Gasteiger partial charge in [0.05, 0.1) is 0 Å². The molecule has 4 heterocycles. The molecule has 12 rings (SSSR count). The molecule has 0 radical (unpaired) electrons. The van der Waals surface area contributed by atoms with Gasteiger partial charge in [0.15, 0.2) is 0 Å². The summed E-state index contributed by atoms with van der Waals surface area (Å²) in [6.07, 6.45) is 0. The van der Waals surface area contributed by atoms with Crippen LogP contribution < -0.4 is 41.5 Å². The molecule has 0 amide bonds. The van der Waals surface area contributed by atoms with Crippen molar-refractivity contribution in [3.8, 4) is 0 Å². The lowest BCUT2D eigenvalue weighted by Crippen LogP contribution is -2.86. The molecule has 4 fully saturated rings. The molecule has 2 N–H and O–H groups in total. The summed E-state index contributed by atoms with van der Waals surface area (Å²) in [7, 11) is -36.5. The summed E-state index contributed by atoms with van der Waals surface area (Å²) >= 11 is 0. The summed E-state index contributed by atoms with van der Waals surface area (Å²) in [4.78, 5) is 27.8. The fourth-order valence-electron chi connectivity index (χ4n) is 8.35. The number of fused-ring (bicyclic) bond motifs is 4. The second-order valence-corrected chi connectivity index (χ2v) is 37.7. The van der Waals surface area contributed by atoms with Crippen LogP contribution in [0.3, 0.4) is 0 Å². The number of hydrogen-bond acceptors (Lipinski definition) is 12. The molecule has 4 unspecified atom stereocenters. The van der Waals surface area contributed by atoms with Crippen LogP contribution in [0.2, 0.25) is 0 Å². The molecular formula is C48H44O12Si8. The maximum atomic E-state index is 13.9. The molecule has 0 spiro atoms. The maximum absolute atomic E-state index is 13.9. The molecule has 4 aliphatic rings. The Morgan fingerprint density at radius 3 is 0.647 bits per heavy atom. The standard InChI is InChI=1S/C48H44O12Si8/c49-63(43-29-13-3-14-30-43)55-65(45-33-17-5-18-34-45)51-61(41-25-9-1-10-26-41)52-66(56-63,46-35-19-6-20-36-46)60-68(48-39-23-8-24-40-48)54-62(42-27-11-2-12-28-42)53-67(59-65,47-37-21-7-22-38-47)57-64(50,58-68)44-31-15-4-16-32-44/h1-40,49-50,61-62H. The predicted octanol–water partition coefficient (Wildman–Crippen LogP) is 1.51. The number of rotatable bonds is 8. The van der Waals surface area contributed by atoms with Gasteiger partial charge in [-0.15, -0.1) is 0 Å². The first-order chi connectivity index (χ1) is 33.2. The summed E-state index contributed by atoms with van der Waals surface area (Å²) in [5.74, 6) is 0. The Bertz CT molecular complexity index is 2620. The normalized spacial score (nSPS) is 30.6. The van der Waals surface area contributed by atoms with E-state index in [0.29, 0.717) is 41.5 Å². The lowest BCUT2D eigenvalue weighted by Gasteiger charge is -2.53. The van der Waals surface area contributed by atoms with Crippen LogP contribution in [0.4, 0.5) is 0 Å². The second kappa shape index (κ2) is 18.7. The van der Waals surface area contributed by atoms with Crippen LogP contribution in [0, 0.1) is 0 Å². The van der Waals surface area contributed by atoms with Crippen molar-refractivity contribution in [3.63, 3.8) is 0 Å². The van der Waals surface area contributed by atoms with E-state index in [9.17, 15) is 9.59 Å². The molecule has 0 aliphatic carbocycles. The summed E-state index contributed by atoms with van der Waals surface area (Å²) in [6, 6.07) is 73.9. The molecule has 20 heteroatoms. The monoisotopic (exact) mass is 1040 g/mol. The van der Waals surface area contributed by atoms with E-state index in [1.165, 1.54) is 0 Å². The summed E-state index contributed by atoms with van der Waals surface area (Å²) in [5, 5.41) is 3.83. The lowest BCUT2D eigenvalue weighted by atomic mass is 10.4. The molecular weight excluding hydrogens is 993 g/mol. The van der Waals surface area contributed by atoms with Crippen molar-refractivity contribution in [3.05, 3.63) is 243 Å². The Morgan fingerprint density at radius 2 is 0.426 bits per heavy atom. The number of benzene rings is 8. The Morgan fingerprint density at radius 1 is 0.235 bits per heavy atom. The molecule has 340 valence electrons. The van der Waals surface area contributed by atoms with Gasteiger partial charge >= 0.3 is 71.4 Å². The smallest absolute Gasteiger partial charge is 0.390 e. The predicted molar refractivity (Wildman–Crippen MR) is 273 cm³/mol. The van der Waals surface area contributed by atoms with Gasteiger partial charge in [-0.25, -0.2) is 0 Å². The fourth-order valence-corrected chi connectivity index (χ4v) is 45.7. The van der Waals surface area contributed by atoms with E-state index < -0.39 is 71.4 Å². The zero-order valence-corrected chi connectivity index (χ0v) is 44.5. The van der Waals surface area contributed by atoms with Gasteiger partial charge in [-0.2, -0.15) is 0 Å². The van der Waals surface area contributed by atoms with Crippen molar-refractivity contribution in [2.45, 2.75) is 0 Å². The van der Waals surface area contributed by atoms with Crippen LogP contribution in [0.25, 0.3) is 0 Å². The van der Waals surface area contributed by atoms with Crippen molar-refractivity contribution in [1.29, 1.82) is 0 Å². The van der Waals surface area contributed by atoms with E-state index >= 15 is 0 Å². The van der Waals surface area contributed by atoms with Gasteiger partial charge in [0.1, 0.15) is 0 Å². The molecule has 4 atom stereocenters. The van der Waals surface area contributed by atoms with Crippen LogP contribution in [-0.2, 0) is 41.2 Å². The quantitative estimate of drug-likeness (QED) is 0.214. The molecule has 8 aromatic rings. The molecule has 4 aliphatic heterocycles. The topological polar surface area (TPSA) is 133 Å². The first-order valence-electron chi connectivity index (χ1n) is 22.0. The molecule has 68 heavy (non-hydrogen) atoms. The Kier molecular flexibility index (Phi) is 12.5. The van der Waals surface area contributed by atoms with Crippen molar-refractivity contribution < 1.29 is 50.7 Å². The van der Waals surface area contributed by atoms with Gasteiger partial charge in [-0.1, -0.05) is 243 Å². The Labute approximate surface area is 403 Å². The highest BCUT2D eigenvalue weighted by Crippen LogP contribution is 2.37. The van der Waals surface area contributed by atoms with Gasteiger partial charge in [0, 0.05) is 31.1 Å². The summed E-state index contributed by atoms with van der Waals surface area (Å²) in [5.41, 5.74) is 0. The van der Waals surface area contributed by atoms with Crippen molar-refractivity contribution in [1.82, 2.24) is 0 Å². The van der Waals surface area contributed by atoms with E-state index in [1.54, 1.807) is 48.5 Å². The lowest BCUT2D eigenvalue weighted by molar-refractivity contribution is 0.0729. The first kappa shape index (κ1) is 45.5. The zero-order chi connectivity index (χ0) is 46.1. The Hall–Kier alpha value is -4.98. The van der Waals surface area contributed by atoms with Gasteiger partial charge in [-0.05, 0) is 10.4 Å². The van der Waals surface area contributed by atoms with Crippen LogP contribution in [0.15, 0.2) is 243 Å². The second-order valence-electron chi connectivity index (χ2n) is 16.2. The highest BCUT2D eigenvalue weighted by Gasteiger charge is 2.74. The minimum atomic E-state index is -4.99. The fraction of sp³-hybridized carbons (Fsp3) is 0. The third-order valence-electron chi connectivity index (χ3n) is 11.6. The largest absolute Gasteiger partial charge is 0.520 e. The van der Waals surface area contributed by atoms with E-state index in [2.05, 4.69) is 0 Å². The molecule has 12 nitrogen and oxygen atoms in total. The molecule has 0 aromatic heterocycles. The van der Waals surface area contributed by atoms with E-state index in [-0.39, 0.29) is 0 Å². The maximum Gasteiger partial charge on any atom is 0.520 e. The van der Waals surface area contributed by atoms with E-state index in [4.69, 9.17) is 41.2 Å². The van der Waals surface area contributed by atoms with Crippen LogP contribution in [-0.4, -0.2) is 81.0 Å². The van der Waals surface area contributed by atoms with Crippen molar-refractivity contribution in [2.24, 2.45) is 0 Å². The van der Waals surface area contributed by atoms with Gasteiger partial charge < -0.3 is 50.7 Å². The molecule has 4 bridgehead atoms. The highest BCUT2D eigenvalue weighted by atomic mass is 28.6. The third-order valence-corrected chi connectivity index (χ3v) is 41.2. The van der Waals surface area contributed by atoms with Crippen molar-refractivity contribution in [2.75, 3.05) is 0 Å². The summed E-state index contributed by atoms with van der Waals surface area (Å²) < 4.78 is 77.0. The zero-order valence-electron chi connectivity index (χ0n) is 36.2. The molecule has 0 saturated carbocycles. The molecule has 4 saturated heterocycles. The third kappa shape index (κ3) is 8.69. The minimum absolute atomic E-state index is 0.322. The average Bonchev–Trinajstić information content (AvgIpc) is 3.39. The van der Waals surface area contributed by atoms with Crippen LogP contribution in [0.1, 0.15) is 0 Å². The van der Waals surface area contributed by atoms with Crippen LogP contribution >= 0.6 is 0 Å². The van der Waals surface area contributed by atoms with Crippen molar-refractivity contribution >= 4 is 113 Å². The molecule has 8 aromatic carbocycles. The van der Waals surface area contributed by atoms with Gasteiger partial charge in [-0.3, -0.25) is 0 Å². The highest BCUT2D eigenvalue weighted by molar-refractivity contribution is 7.07. The van der Waals surface area contributed by atoms with E-state index in [0.717, 1.165) is 0 Å². The SMILES string of the molecule is O[Si]1(c2ccccc2)O[Si]2(c3ccccc3)O[SiH](c3ccccc3)O[Si](c3ccccc3)(O1)O[Si]1(c3ccccc3)O[SiH](c3ccccc3)O[Si](c3ccccc3)(O[Si](O)(c3ccccc3)O1)O2.